The number of halogens is 1. The van der Waals surface area contributed by atoms with Gasteiger partial charge in [-0.25, -0.2) is 0 Å². The van der Waals surface area contributed by atoms with E-state index in [1.54, 1.807) is 48.5 Å². The zero-order valence-corrected chi connectivity index (χ0v) is 14.1. The Bertz CT molecular complexity index is 1030. The summed E-state index contributed by atoms with van der Waals surface area (Å²) in [5.41, 5.74) is 8.32. The van der Waals surface area contributed by atoms with Crippen molar-refractivity contribution in [3.63, 3.8) is 0 Å². The van der Waals surface area contributed by atoms with Crippen LogP contribution in [0, 0.1) is 0 Å². The molecule has 0 fully saturated rings. The molecule has 0 atom stereocenters. The average molecular weight is 366 g/mol. The van der Waals surface area contributed by atoms with Gasteiger partial charge in [-0.1, -0.05) is 35.9 Å². The third kappa shape index (κ3) is 2.48. The van der Waals surface area contributed by atoms with Gasteiger partial charge < -0.3 is 16.4 Å². The highest BCUT2D eigenvalue weighted by Gasteiger charge is 2.40. The van der Waals surface area contributed by atoms with E-state index in [9.17, 15) is 14.4 Å². The molecule has 0 saturated heterocycles. The topological polar surface area (TPSA) is 101 Å². The highest BCUT2D eigenvalue weighted by Crippen LogP contribution is 2.37. The molecule has 7 heteroatoms. The van der Waals surface area contributed by atoms with Gasteiger partial charge in [0.2, 0.25) is 5.91 Å². The molecule has 0 spiro atoms. The zero-order chi connectivity index (χ0) is 18.4. The summed E-state index contributed by atoms with van der Waals surface area (Å²) >= 11 is 5.90. The number of hydrogen-bond donors (Lipinski definition) is 3. The predicted octanol–water partition coefficient (Wildman–Crippen LogP) is 1.82. The largest absolute Gasteiger partial charge is 0.366 e. The molecule has 0 aromatic heterocycles. The molecule has 26 heavy (non-hydrogen) atoms. The molecule has 2 heterocycles. The third-order valence-corrected chi connectivity index (χ3v) is 4.52. The molecule has 0 aliphatic carbocycles. The van der Waals surface area contributed by atoms with Gasteiger partial charge in [0.1, 0.15) is 0 Å². The van der Waals surface area contributed by atoms with E-state index in [-0.39, 0.29) is 17.4 Å². The molecule has 0 unspecified atom stereocenters. The molecule has 3 amide bonds. The van der Waals surface area contributed by atoms with Crippen LogP contribution >= 0.6 is 11.6 Å². The van der Waals surface area contributed by atoms with Crippen LogP contribution in [0.25, 0.3) is 11.4 Å². The minimum Gasteiger partial charge on any atom is -0.366 e. The van der Waals surface area contributed by atoms with Crippen molar-refractivity contribution < 1.29 is 14.4 Å². The number of rotatable bonds is 3. The molecule has 0 saturated carbocycles. The van der Waals surface area contributed by atoms with E-state index in [4.69, 9.17) is 17.3 Å². The maximum atomic E-state index is 12.5. The van der Waals surface area contributed by atoms with Crippen LogP contribution in [0.2, 0.25) is 5.02 Å². The minimum atomic E-state index is -0.547. The van der Waals surface area contributed by atoms with Gasteiger partial charge in [0, 0.05) is 10.6 Å². The lowest BCUT2D eigenvalue weighted by Crippen LogP contribution is -2.21. The Morgan fingerprint density at radius 3 is 1.62 bits per heavy atom. The molecule has 2 aliphatic rings. The van der Waals surface area contributed by atoms with E-state index in [1.807, 2.05) is 0 Å². The maximum Gasteiger partial charge on any atom is 0.258 e. The summed E-state index contributed by atoms with van der Waals surface area (Å²) in [4.78, 5) is 36.2. The number of amides is 3. The SMILES string of the molecule is NC(=O)c1ccc(C2=C3C(=O)NC(c4ccc(Cl)cc4)=C3C(=O)N2)cc1. The van der Waals surface area contributed by atoms with Gasteiger partial charge >= 0.3 is 0 Å². The number of fused-ring (bicyclic) bond motifs is 1. The summed E-state index contributed by atoms with van der Waals surface area (Å²) in [5.74, 6) is -1.27. The summed E-state index contributed by atoms with van der Waals surface area (Å²) in [6.45, 7) is 0. The van der Waals surface area contributed by atoms with Crippen LogP contribution in [0.15, 0.2) is 59.7 Å². The fourth-order valence-electron chi connectivity index (χ4n) is 3.03. The zero-order valence-electron chi connectivity index (χ0n) is 13.3. The highest BCUT2D eigenvalue weighted by molar-refractivity contribution is 6.31. The van der Waals surface area contributed by atoms with E-state index in [0.717, 1.165) is 0 Å². The predicted molar refractivity (Wildman–Crippen MR) is 96.5 cm³/mol. The van der Waals surface area contributed by atoms with Crippen molar-refractivity contribution >= 4 is 40.7 Å². The second-order valence-corrected chi connectivity index (χ2v) is 6.29. The summed E-state index contributed by atoms with van der Waals surface area (Å²) < 4.78 is 0. The summed E-state index contributed by atoms with van der Waals surface area (Å²) in [5, 5.41) is 6.06. The van der Waals surface area contributed by atoms with E-state index < -0.39 is 5.91 Å². The Morgan fingerprint density at radius 2 is 1.19 bits per heavy atom. The van der Waals surface area contributed by atoms with Crippen LogP contribution in [0.1, 0.15) is 21.5 Å². The van der Waals surface area contributed by atoms with E-state index in [0.29, 0.717) is 38.7 Å². The lowest BCUT2D eigenvalue weighted by atomic mass is 10.0. The van der Waals surface area contributed by atoms with E-state index >= 15 is 0 Å². The number of carbonyl (C=O) groups is 3. The van der Waals surface area contributed by atoms with Crippen LogP contribution in [0.3, 0.4) is 0 Å². The smallest absolute Gasteiger partial charge is 0.258 e. The van der Waals surface area contributed by atoms with Crippen molar-refractivity contribution in [1.29, 1.82) is 0 Å². The molecule has 4 rings (SSSR count). The second-order valence-electron chi connectivity index (χ2n) is 5.86. The van der Waals surface area contributed by atoms with Crippen LogP contribution in [-0.2, 0) is 9.59 Å². The van der Waals surface area contributed by atoms with Gasteiger partial charge in [0.05, 0.1) is 22.5 Å². The first-order valence-electron chi connectivity index (χ1n) is 7.73. The monoisotopic (exact) mass is 365 g/mol. The quantitative estimate of drug-likeness (QED) is 0.773. The van der Waals surface area contributed by atoms with Crippen molar-refractivity contribution in [3.05, 3.63) is 81.4 Å². The first-order chi connectivity index (χ1) is 12.5. The maximum absolute atomic E-state index is 12.5. The molecule has 2 aromatic rings. The van der Waals surface area contributed by atoms with Crippen molar-refractivity contribution in [3.8, 4) is 0 Å². The molecule has 0 radical (unpaired) electrons. The number of carbonyl (C=O) groups excluding carboxylic acids is 3. The lowest BCUT2D eigenvalue weighted by molar-refractivity contribution is -0.117. The first kappa shape index (κ1) is 16.1. The molecular formula is C19H12ClN3O3. The second kappa shape index (κ2) is 5.86. The van der Waals surface area contributed by atoms with E-state index in [1.165, 1.54) is 0 Å². The fraction of sp³-hybridized carbons (Fsp3) is 0. The van der Waals surface area contributed by atoms with Crippen LogP contribution in [0.5, 0.6) is 0 Å². The molecule has 4 N–H and O–H groups in total. The Labute approximate surface area is 153 Å². The van der Waals surface area contributed by atoms with E-state index in [2.05, 4.69) is 10.6 Å². The van der Waals surface area contributed by atoms with Crippen LogP contribution in [-0.4, -0.2) is 17.7 Å². The number of nitrogens with two attached hydrogens (primary N) is 1. The molecular weight excluding hydrogens is 354 g/mol. The van der Waals surface area contributed by atoms with Crippen LogP contribution < -0.4 is 16.4 Å². The highest BCUT2D eigenvalue weighted by atomic mass is 35.5. The van der Waals surface area contributed by atoms with Crippen molar-refractivity contribution in [2.75, 3.05) is 0 Å². The molecule has 128 valence electrons. The van der Waals surface area contributed by atoms with Crippen LogP contribution in [0.4, 0.5) is 0 Å². The number of primary amides is 1. The summed E-state index contributed by atoms with van der Waals surface area (Å²) in [6, 6.07) is 13.2. The van der Waals surface area contributed by atoms with Gasteiger partial charge in [-0.3, -0.25) is 14.4 Å². The Morgan fingerprint density at radius 1 is 0.769 bits per heavy atom. The lowest BCUT2D eigenvalue weighted by Gasteiger charge is -2.07. The molecule has 2 aliphatic heterocycles. The van der Waals surface area contributed by atoms with Gasteiger partial charge in [-0.2, -0.15) is 0 Å². The number of benzene rings is 2. The minimum absolute atomic E-state index is 0.284. The van der Waals surface area contributed by atoms with Crippen molar-refractivity contribution in [2.45, 2.75) is 0 Å². The Hall–Kier alpha value is -3.38. The third-order valence-electron chi connectivity index (χ3n) is 4.27. The summed E-state index contributed by atoms with van der Waals surface area (Å²) in [7, 11) is 0. The summed E-state index contributed by atoms with van der Waals surface area (Å²) in [6.07, 6.45) is 0. The normalized spacial score (nSPS) is 15.9. The van der Waals surface area contributed by atoms with Crippen molar-refractivity contribution in [1.82, 2.24) is 10.6 Å². The first-order valence-corrected chi connectivity index (χ1v) is 8.11. The van der Waals surface area contributed by atoms with Gasteiger partial charge in [0.15, 0.2) is 0 Å². The number of nitrogens with one attached hydrogen (secondary N) is 2. The Balaban J connectivity index is 1.83. The molecule has 2 aromatic carbocycles. The van der Waals surface area contributed by atoms with Gasteiger partial charge in [-0.15, -0.1) is 0 Å². The standard InChI is InChI=1S/C19H12ClN3O3/c20-12-7-5-10(6-8-12)16-14-13(18(25)23-16)15(22-19(14)26)9-1-3-11(4-2-9)17(21)24/h1-8H,(H2,21,24)(H,22,26)(H,23,25). The molecule has 6 nitrogen and oxygen atoms in total. The fourth-order valence-corrected chi connectivity index (χ4v) is 3.16. The van der Waals surface area contributed by atoms with Gasteiger partial charge in [-0.05, 0) is 35.4 Å². The average Bonchev–Trinajstić information content (AvgIpc) is 3.15. The molecule has 0 bridgehead atoms. The van der Waals surface area contributed by atoms with Crippen molar-refractivity contribution in [2.24, 2.45) is 5.73 Å². The number of hydrogen-bond acceptors (Lipinski definition) is 3. The van der Waals surface area contributed by atoms with Gasteiger partial charge in [0.25, 0.3) is 11.8 Å². The Kier molecular flexibility index (Phi) is 3.63.